The number of para-hydroxylation sites is 1. The molecule has 0 N–H and O–H groups in total. The molecule has 0 bridgehead atoms. The number of anilines is 1. The summed E-state index contributed by atoms with van der Waals surface area (Å²) in [4.78, 5) is 45.0. The minimum absolute atomic E-state index is 0.0135. The summed E-state index contributed by atoms with van der Waals surface area (Å²) in [5.41, 5.74) is 0.474. The molecule has 152 valence electrons. The van der Waals surface area contributed by atoms with Gasteiger partial charge < -0.3 is 9.80 Å². The minimum atomic E-state index is -0.721. The average molecular weight is 412 g/mol. The largest absolute Gasteiger partial charge is 0.338 e. The summed E-state index contributed by atoms with van der Waals surface area (Å²) in [6.45, 7) is 4.21. The highest BCUT2D eigenvalue weighted by molar-refractivity contribution is 7.10. The van der Waals surface area contributed by atoms with Gasteiger partial charge in [0.15, 0.2) is 0 Å². The lowest BCUT2D eigenvalue weighted by Crippen LogP contribution is -2.62. The Bertz CT molecular complexity index is 958. The third-order valence-corrected chi connectivity index (χ3v) is 7.27. The van der Waals surface area contributed by atoms with Crippen molar-refractivity contribution < 1.29 is 14.4 Å². The number of nitrogens with zero attached hydrogens (tertiary/aromatic N) is 3. The van der Waals surface area contributed by atoms with Crippen molar-refractivity contribution in [3.8, 4) is 0 Å². The predicted octanol–water partition coefficient (Wildman–Crippen LogP) is 3.66. The fraction of sp³-hybridized carbons (Fsp3) is 0.409. The van der Waals surface area contributed by atoms with Crippen molar-refractivity contribution in [2.45, 2.75) is 44.8 Å². The molecule has 2 atom stereocenters. The Hall–Kier alpha value is -2.67. The van der Waals surface area contributed by atoms with Crippen LogP contribution in [0.25, 0.3) is 0 Å². The van der Waals surface area contributed by atoms with E-state index in [-0.39, 0.29) is 36.7 Å². The number of carbonyl (C=O) groups is 3. The number of hydrogen-bond donors (Lipinski definition) is 0. The van der Waals surface area contributed by atoms with Crippen LogP contribution in [0.15, 0.2) is 41.8 Å². The van der Waals surface area contributed by atoms with Crippen molar-refractivity contribution in [3.63, 3.8) is 0 Å². The van der Waals surface area contributed by atoms with Crippen LogP contribution in [-0.4, -0.2) is 46.8 Å². The van der Waals surface area contributed by atoms with E-state index < -0.39 is 5.66 Å². The first kappa shape index (κ1) is 19.6. The SMILES string of the molecule is C[C@H](c1cccs1)N(C)C(=O)CCN1C(=O)c2ccccc2N2C(=O)CC[C@@]12C. The first-order chi connectivity index (χ1) is 13.8. The fourth-order valence-electron chi connectivity index (χ4n) is 4.36. The minimum Gasteiger partial charge on any atom is -0.338 e. The van der Waals surface area contributed by atoms with E-state index in [9.17, 15) is 14.4 Å². The highest BCUT2D eigenvalue weighted by Gasteiger charge is 2.52. The smallest absolute Gasteiger partial charge is 0.257 e. The van der Waals surface area contributed by atoms with Gasteiger partial charge in [-0.15, -0.1) is 11.3 Å². The van der Waals surface area contributed by atoms with Gasteiger partial charge in [0.25, 0.3) is 5.91 Å². The van der Waals surface area contributed by atoms with Gasteiger partial charge in [-0.2, -0.15) is 0 Å². The molecule has 2 aromatic rings. The molecule has 4 rings (SSSR count). The highest BCUT2D eigenvalue weighted by Crippen LogP contribution is 2.44. The lowest BCUT2D eigenvalue weighted by Gasteiger charge is -2.48. The van der Waals surface area contributed by atoms with E-state index >= 15 is 0 Å². The van der Waals surface area contributed by atoms with Crippen LogP contribution in [0.4, 0.5) is 5.69 Å². The summed E-state index contributed by atoms with van der Waals surface area (Å²) in [7, 11) is 1.80. The quantitative estimate of drug-likeness (QED) is 0.754. The molecule has 7 heteroatoms. The van der Waals surface area contributed by atoms with Gasteiger partial charge in [-0.1, -0.05) is 18.2 Å². The molecular formula is C22H25N3O3S. The van der Waals surface area contributed by atoms with Crippen LogP contribution in [0.3, 0.4) is 0 Å². The molecule has 3 amide bonds. The zero-order valence-corrected chi connectivity index (χ0v) is 17.7. The lowest BCUT2D eigenvalue weighted by atomic mass is 9.98. The zero-order valence-electron chi connectivity index (χ0n) is 16.9. The third kappa shape index (κ3) is 3.13. The van der Waals surface area contributed by atoms with Crippen LogP contribution in [0.5, 0.6) is 0 Å². The molecule has 0 radical (unpaired) electrons. The molecule has 1 aromatic carbocycles. The van der Waals surface area contributed by atoms with Crippen LogP contribution in [0.1, 0.15) is 54.4 Å². The standard InChI is InChI=1S/C22H25N3O3S/c1-15(18-9-6-14-29-18)23(3)19(26)11-13-24-21(28)16-7-4-5-8-17(16)25-20(27)10-12-22(24,25)2/h4-9,14-15H,10-13H2,1-3H3/t15-,22+/m1/s1. The van der Waals surface area contributed by atoms with E-state index in [1.807, 2.05) is 43.5 Å². The molecule has 2 aliphatic rings. The Morgan fingerprint density at radius 2 is 2.00 bits per heavy atom. The molecular weight excluding hydrogens is 386 g/mol. The van der Waals surface area contributed by atoms with E-state index in [2.05, 4.69) is 0 Å². The molecule has 0 spiro atoms. The monoisotopic (exact) mass is 411 g/mol. The van der Waals surface area contributed by atoms with Crippen molar-refractivity contribution in [2.75, 3.05) is 18.5 Å². The van der Waals surface area contributed by atoms with E-state index in [4.69, 9.17) is 0 Å². The molecule has 0 unspecified atom stereocenters. The maximum atomic E-state index is 13.2. The average Bonchev–Trinajstić information content (AvgIpc) is 3.35. The molecule has 1 aromatic heterocycles. The number of hydrogen-bond acceptors (Lipinski definition) is 4. The van der Waals surface area contributed by atoms with Crippen molar-refractivity contribution in [1.29, 1.82) is 0 Å². The van der Waals surface area contributed by atoms with Gasteiger partial charge in [-0.3, -0.25) is 19.3 Å². The van der Waals surface area contributed by atoms with E-state index in [1.165, 1.54) is 0 Å². The van der Waals surface area contributed by atoms with E-state index in [1.54, 1.807) is 45.2 Å². The molecule has 29 heavy (non-hydrogen) atoms. The number of carbonyl (C=O) groups excluding carboxylic acids is 3. The van der Waals surface area contributed by atoms with Crippen LogP contribution < -0.4 is 4.90 Å². The van der Waals surface area contributed by atoms with Gasteiger partial charge in [0.2, 0.25) is 11.8 Å². The predicted molar refractivity (Wildman–Crippen MR) is 113 cm³/mol. The Balaban J connectivity index is 1.55. The summed E-state index contributed by atoms with van der Waals surface area (Å²) in [6, 6.07) is 11.2. The highest BCUT2D eigenvalue weighted by atomic mass is 32.1. The molecule has 1 fully saturated rings. The number of benzene rings is 1. The Morgan fingerprint density at radius 3 is 2.72 bits per heavy atom. The van der Waals surface area contributed by atoms with Gasteiger partial charge in [0.05, 0.1) is 17.3 Å². The fourth-order valence-corrected chi connectivity index (χ4v) is 5.19. The molecule has 0 aliphatic carbocycles. The number of amides is 3. The van der Waals surface area contributed by atoms with Gasteiger partial charge in [-0.25, -0.2) is 0 Å². The van der Waals surface area contributed by atoms with Gasteiger partial charge in [0.1, 0.15) is 5.66 Å². The van der Waals surface area contributed by atoms with Crippen molar-refractivity contribution in [2.24, 2.45) is 0 Å². The lowest BCUT2D eigenvalue weighted by molar-refractivity contribution is -0.132. The summed E-state index contributed by atoms with van der Waals surface area (Å²) in [6.07, 6.45) is 1.19. The van der Waals surface area contributed by atoms with Gasteiger partial charge in [-0.05, 0) is 43.8 Å². The van der Waals surface area contributed by atoms with E-state index in [0.29, 0.717) is 24.1 Å². The number of fused-ring (bicyclic) bond motifs is 3. The normalized spacial score (nSPS) is 21.8. The maximum absolute atomic E-state index is 13.2. The topological polar surface area (TPSA) is 60.9 Å². The first-order valence-corrected chi connectivity index (χ1v) is 10.8. The summed E-state index contributed by atoms with van der Waals surface area (Å²) < 4.78 is 0. The summed E-state index contributed by atoms with van der Waals surface area (Å²) in [5, 5.41) is 2.00. The van der Waals surface area contributed by atoms with Crippen LogP contribution in [0, 0.1) is 0 Å². The Morgan fingerprint density at radius 1 is 1.24 bits per heavy atom. The second-order valence-electron chi connectivity index (χ2n) is 7.87. The molecule has 2 aliphatic heterocycles. The summed E-state index contributed by atoms with van der Waals surface area (Å²) in [5.74, 6) is -0.111. The zero-order chi connectivity index (χ0) is 20.8. The summed E-state index contributed by atoms with van der Waals surface area (Å²) >= 11 is 1.63. The van der Waals surface area contributed by atoms with Crippen molar-refractivity contribution >= 4 is 34.7 Å². The van der Waals surface area contributed by atoms with Crippen molar-refractivity contribution in [1.82, 2.24) is 9.80 Å². The van der Waals surface area contributed by atoms with E-state index in [0.717, 1.165) is 4.88 Å². The first-order valence-electron chi connectivity index (χ1n) is 9.87. The molecule has 0 saturated carbocycles. The molecule has 3 heterocycles. The molecule has 1 saturated heterocycles. The second kappa shape index (κ2) is 7.30. The number of rotatable bonds is 5. The third-order valence-electron chi connectivity index (χ3n) is 6.22. The maximum Gasteiger partial charge on any atom is 0.257 e. The second-order valence-corrected chi connectivity index (χ2v) is 8.85. The van der Waals surface area contributed by atoms with Gasteiger partial charge >= 0.3 is 0 Å². The molecule has 6 nitrogen and oxygen atoms in total. The number of thiophene rings is 1. The van der Waals surface area contributed by atoms with Crippen LogP contribution >= 0.6 is 11.3 Å². The van der Waals surface area contributed by atoms with Crippen molar-refractivity contribution in [3.05, 3.63) is 52.2 Å². The van der Waals surface area contributed by atoms with Gasteiger partial charge in [0, 0.05) is 31.3 Å². The van der Waals surface area contributed by atoms with Crippen LogP contribution in [0.2, 0.25) is 0 Å². The van der Waals surface area contributed by atoms with Crippen LogP contribution in [-0.2, 0) is 9.59 Å². The Kier molecular flexibility index (Phi) is 4.94. The Labute approximate surface area is 174 Å².